The number of hydrogen-bond donors (Lipinski definition) is 1. The lowest BCUT2D eigenvalue weighted by Gasteiger charge is -2.18. The molecule has 0 saturated carbocycles. The Bertz CT molecular complexity index is 570. The minimum absolute atomic E-state index is 0.569. The largest absolute Gasteiger partial charge is 0.378 e. The number of nitrogens with one attached hydrogen (secondary N) is 1. The molecule has 0 radical (unpaired) electrons. The van der Waals surface area contributed by atoms with Crippen LogP contribution in [0.1, 0.15) is 5.56 Å². The number of benzene rings is 1. The summed E-state index contributed by atoms with van der Waals surface area (Å²) in [6.07, 6.45) is 3.59. The monoisotopic (exact) mass is 295 g/mol. The van der Waals surface area contributed by atoms with Crippen molar-refractivity contribution in [2.24, 2.45) is 0 Å². The van der Waals surface area contributed by atoms with Crippen LogP contribution in [0, 0.1) is 0 Å². The van der Waals surface area contributed by atoms with Gasteiger partial charge >= 0.3 is 0 Å². The normalized spacial score (nSPS) is 10.3. The number of nitrogens with zero attached hydrogens (tertiary/aromatic N) is 2. The van der Waals surface area contributed by atoms with E-state index in [9.17, 15) is 0 Å². The summed E-state index contributed by atoms with van der Waals surface area (Å²) in [5, 5.41) is 4.49. The maximum atomic E-state index is 6.00. The van der Waals surface area contributed by atoms with Gasteiger partial charge in [-0.05, 0) is 23.8 Å². The molecule has 0 aliphatic carbocycles. The molecule has 1 aromatic carbocycles. The van der Waals surface area contributed by atoms with Gasteiger partial charge in [-0.25, -0.2) is 0 Å². The highest BCUT2D eigenvalue weighted by Gasteiger charge is 2.04. The fraction of sp³-hybridized carbons (Fsp3) is 0.214. The predicted octanol–water partition coefficient (Wildman–Crippen LogP) is 4.07. The van der Waals surface area contributed by atoms with Crippen molar-refractivity contribution in [3.63, 3.8) is 0 Å². The van der Waals surface area contributed by atoms with Gasteiger partial charge in [-0.1, -0.05) is 29.3 Å². The van der Waals surface area contributed by atoms with Crippen molar-refractivity contribution in [3.8, 4) is 0 Å². The van der Waals surface area contributed by atoms with E-state index in [1.54, 1.807) is 12.3 Å². The smallest absolute Gasteiger partial charge is 0.0766 e. The second-order valence-electron chi connectivity index (χ2n) is 4.39. The van der Waals surface area contributed by atoms with Crippen molar-refractivity contribution in [1.82, 2.24) is 4.98 Å². The Morgan fingerprint density at radius 2 is 1.95 bits per heavy atom. The average Bonchev–Trinajstić information content (AvgIpc) is 2.40. The van der Waals surface area contributed by atoms with Gasteiger partial charge in [0, 0.05) is 26.8 Å². The molecule has 1 aromatic heterocycles. The molecule has 2 rings (SSSR count). The molecule has 0 amide bonds. The van der Waals surface area contributed by atoms with E-state index < -0.39 is 0 Å². The van der Waals surface area contributed by atoms with E-state index in [1.807, 2.05) is 43.4 Å². The molecular weight excluding hydrogens is 281 g/mol. The van der Waals surface area contributed by atoms with Crippen LogP contribution in [-0.4, -0.2) is 19.1 Å². The highest BCUT2D eigenvalue weighted by Crippen LogP contribution is 2.25. The average molecular weight is 296 g/mol. The third-order valence-electron chi connectivity index (χ3n) is 2.75. The van der Waals surface area contributed by atoms with E-state index in [0.717, 1.165) is 16.9 Å². The van der Waals surface area contributed by atoms with Crippen molar-refractivity contribution < 1.29 is 0 Å². The van der Waals surface area contributed by atoms with Crippen LogP contribution in [0.2, 0.25) is 10.0 Å². The first kappa shape index (κ1) is 14.0. The highest BCUT2D eigenvalue weighted by molar-refractivity contribution is 6.42. The van der Waals surface area contributed by atoms with Gasteiger partial charge in [0.15, 0.2) is 0 Å². The lowest BCUT2D eigenvalue weighted by molar-refractivity contribution is 1.09. The lowest BCUT2D eigenvalue weighted by Crippen LogP contribution is -2.12. The van der Waals surface area contributed by atoms with Crippen LogP contribution in [0.3, 0.4) is 0 Å². The molecule has 1 heterocycles. The predicted molar refractivity (Wildman–Crippen MR) is 82.4 cm³/mol. The summed E-state index contributed by atoms with van der Waals surface area (Å²) in [6, 6.07) is 7.59. The van der Waals surface area contributed by atoms with E-state index in [-0.39, 0.29) is 0 Å². The van der Waals surface area contributed by atoms with Crippen molar-refractivity contribution in [2.75, 3.05) is 24.3 Å². The molecule has 2 aromatic rings. The minimum atomic E-state index is 0.569. The number of hydrogen-bond acceptors (Lipinski definition) is 3. The first-order valence-corrected chi connectivity index (χ1v) is 6.62. The van der Waals surface area contributed by atoms with Gasteiger partial charge in [0.2, 0.25) is 0 Å². The first-order chi connectivity index (χ1) is 9.08. The molecule has 0 bridgehead atoms. The Morgan fingerprint density at radius 1 is 1.16 bits per heavy atom. The van der Waals surface area contributed by atoms with Gasteiger partial charge in [-0.2, -0.15) is 0 Å². The summed E-state index contributed by atoms with van der Waals surface area (Å²) in [5.41, 5.74) is 3.15. The van der Waals surface area contributed by atoms with E-state index >= 15 is 0 Å². The third kappa shape index (κ3) is 3.52. The Labute approximate surface area is 123 Å². The van der Waals surface area contributed by atoms with Crippen LogP contribution in [-0.2, 0) is 6.54 Å². The number of pyridine rings is 1. The van der Waals surface area contributed by atoms with Crippen LogP contribution < -0.4 is 10.2 Å². The fourth-order valence-electron chi connectivity index (χ4n) is 1.76. The maximum Gasteiger partial charge on any atom is 0.0766 e. The van der Waals surface area contributed by atoms with Crippen molar-refractivity contribution in [1.29, 1.82) is 0 Å². The lowest BCUT2D eigenvalue weighted by atomic mass is 10.2. The molecule has 0 aliphatic rings. The van der Waals surface area contributed by atoms with Gasteiger partial charge in [-0.15, -0.1) is 0 Å². The van der Waals surface area contributed by atoms with Crippen molar-refractivity contribution >= 4 is 34.6 Å². The zero-order valence-corrected chi connectivity index (χ0v) is 12.3. The Hall–Kier alpha value is -1.45. The van der Waals surface area contributed by atoms with Gasteiger partial charge in [0.25, 0.3) is 0 Å². The Kier molecular flexibility index (Phi) is 4.51. The van der Waals surface area contributed by atoms with Crippen LogP contribution in [0.5, 0.6) is 0 Å². The SMILES string of the molecule is CN(C)c1ccncc1NCc1ccc(Cl)c(Cl)c1. The number of rotatable bonds is 4. The molecule has 100 valence electrons. The van der Waals surface area contributed by atoms with E-state index in [2.05, 4.69) is 10.3 Å². The maximum absolute atomic E-state index is 6.00. The molecule has 1 N–H and O–H groups in total. The molecular formula is C14H15Cl2N3. The summed E-state index contributed by atoms with van der Waals surface area (Å²) < 4.78 is 0. The van der Waals surface area contributed by atoms with Crippen molar-refractivity contribution in [3.05, 3.63) is 52.3 Å². The summed E-state index contributed by atoms with van der Waals surface area (Å²) in [7, 11) is 4.00. The number of aromatic nitrogens is 1. The topological polar surface area (TPSA) is 28.2 Å². The molecule has 0 saturated heterocycles. The second-order valence-corrected chi connectivity index (χ2v) is 5.20. The first-order valence-electron chi connectivity index (χ1n) is 5.87. The zero-order valence-electron chi connectivity index (χ0n) is 10.8. The summed E-state index contributed by atoms with van der Waals surface area (Å²) in [6.45, 7) is 0.670. The van der Waals surface area contributed by atoms with E-state index in [0.29, 0.717) is 16.6 Å². The number of halogens is 2. The standard InChI is InChI=1S/C14H15Cl2N3/c1-19(2)14-5-6-17-9-13(14)18-8-10-3-4-11(15)12(16)7-10/h3-7,9,18H,8H2,1-2H3. The molecule has 0 aliphatic heterocycles. The molecule has 19 heavy (non-hydrogen) atoms. The van der Waals surface area contributed by atoms with Gasteiger partial charge in [-0.3, -0.25) is 4.98 Å². The van der Waals surface area contributed by atoms with Crippen LogP contribution >= 0.6 is 23.2 Å². The molecule has 0 fully saturated rings. The van der Waals surface area contributed by atoms with Crippen LogP contribution in [0.25, 0.3) is 0 Å². The molecule has 3 nitrogen and oxygen atoms in total. The second kappa shape index (κ2) is 6.13. The minimum Gasteiger partial charge on any atom is -0.378 e. The molecule has 0 atom stereocenters. The Morgan fingerprint density at radius 3 is 2.63 bits per heavy atom. The zero-order chi connectivity index (χ0) is 13.8. The summed E-state index contributed by atoms with van der Waals surface area (Å²) >= 11 is 11.9. The molecule has 0 unspecified atom stereocenters. The fourth-order valence-corrected chi connectivity index (χ4v) is 2.08. The number of anilines is 2. The summed E-state index contributed by atoms with van der Waals surface area (Å²) in [5.74, 6) is 0. The van der Waals surface area contributed by atoms with Gasteiger partial charge in [0.05, 0.1) is 27.6 Å². The van der Waals surface area contributed by atoms with E-state index in [4.69, 9.17) is 23.2 Å². The van der Waals surface area contributed by atoms with Gasteiger partial charge in [0.1, 0.15) is 0 Å². The summed E-state index contributed by atoms with van der Waals surface area (Å²) in [4.78, 5) is 6.18. The van der Waals surface area contributed by atoms with Crippen LogP contribution in [0.4, 0.5) is 11.4 Å². The van der Waals surface area contributed by atoms with Crippen LogP contribution in [0.15, 0.2) is 36.7 Å². The van der Waals surface area contributed by atoms with E-state index in [1.165, 1.54) is 0 Å². The Balaban J connectivity index is 2.12. The molecule has 0 spiro atoms. The highest BCUT2D eigenvalue weighted by atomic mass is 35.5. The van der Waals surface area contributed by atoms with Crippen molar-refractivity contribution in [2.45, 2.75) is 6.54 Å². The third-order valence-corrected chi connectivity index (χ3v) is 3.49. The quantitative estimate of drug-likeness (QED) is 0.922. The van der Waals surface area contributed by atoms with Gasteiger partial charge < -0.3 is 10.2 Å². The molecule has 5 heteroatoms.